The van der Waals surface area contributed by atoms with E-state index in [1.165, 1.54) is 0 Å². The Labute approximate surface area is 206 Å². The molecule has 2 heterocycles. The van der Waals surface area contributed by atoms with Gasteiger partial charge in [-0.15, -0.1) is 0 Å². The van der Waals surface area contributed by atoms with Gasteiger partial charge in [-0.25, -0.2) is 4.98 Å². The summed E-state index contributed by atoms with van der Waals surface area (Å²) < 4.78 is 0. The first-order chi connectivity index (χ1) is 16.1. The highest BCUT2D eigenvalue weighted by Gasteiger charge is 2.44. The molecule has 0 radical (unpaired) electrons. The summed E-state index contributed by atoms with van der Waals surface area (Å²) in [5.74, 6) is -0.160. The van der Waals surface area contributed by atoms with Crippen LogP contribution in [0, 0.1) is 5.41 Å². The van der Waals surface area contributed by atoms with E-state index in [1.54, 1.807) is 26.0 Å². The van der Waals surface area contributed by atoms with Crippen molar-refractivity contribution >= 4 is 63.0 Å². The summed E-state index contributed by atoms with van der Waals surface area (Å²) in [6.07, 6.45) is -0.398. The Bertz CT molecular complexity index is 1430. The SMILES string of the molecule is CN1c2c(cccc2-c2nc3cc(Nc4ccc(Cl)cc4Cl)ccc3[nH]2)NC1C(C)(C)C(=O)O. The van der Waals surface area contributed by atoms with Crippen molar-refractivity contribution in [2.24, 2.45) is 5.41 Å². The Kier molecular flexibility index (Phi) is 5.34. The average molecular weight is 496 g/mol. The van der Waals surface area contributed by atoms with Crippen molar-refractivity contribution in [3.8, 4) is 11.4 Å². The number of hydrogen-bond donors (Lipinski definition) is 4. The van der Waals surface area contributed by atoms with E-state index in [4.69, 9.17) is 28.2 Å². The Balaban J connectivity index is 1.50. The molecule has 3 aromatic carbocycles. The number of imidazole rings is 1. The minimum Gasteiger partial charge on any atom is -0.481 e. The molecule has 0 saturated carbocycles. The van der Waals surface area contributed by atoms with E-state index in [2.05, 4.69) is 15.6 Å². The van der Waals surface area contributed by atoms with Gasteiger partial charge in [0.05, 0.1) is 33.1 Å². The van der Waals surface area contributed by atoms with Crippen molar-refractivity contribution in [2.75, 3.05) is 22.6 Å². The largest absolute Gasteiger partial charge is 0.481 e. The molecule has 5 rings (SSSR count). The van der Waals surface area contributed by atoms with Gasteiger partial charge in [0.1, 0.15) is 17.4 Å². The van der Waals surface area contributed by atoms with Crippen LogP contribution >= 0.6 is 23.2 Å². The van der Waals surface area contributed by atoms with Gasteiger partial charge in [0.2, 0.25) is 0 Å². The van der Waals surface area contributed by atoms with Gasteiger partial charge in [0.25, 0.3) is 0 Å². The second kappa shape index (κ2) is 8.11. The number of aliphatic carboxylic acids is 1. The number of nitrogens with one attached hydrogen (secondary N) is 3. The van der Waals surface area contributed by atoms with Gasteiger partial charge in [0, 0.05) is 23.3 Å². The number of fused-ring (bicyclic) bond motifs is 2. The molecule has 1 aliphatic rings. The predicted octanol–water partition coefficient (Wildman–Crippen LogP) is 6.58. The van der Waals surface area contributed by atoms with Gasteiger partial charge in [-0.05, 0) is 62.4 Å². The van der Waals surface area contributed by atoms with E-state index < -0.39 is 17.6 Å². The van der Waals surface area contributed by atoms with Crippen molar-refractivity contribution < 1.29 is 9.90 Å². The fourth-order valence-corrected chi connectivity index (χ4v) is 4.80. The summed E-state index contributed by atoms with van der Waals surface area (Å²) >= 11 is 12.3. The molecular weight excluding hydrogens is 473 g/mol. The van der Waals surface area contributed by atoms with Crippen LogP contribution in [0.25, 0.3) is 22.4 Å². The number of H-pyrrole nitrogens is 1. The summed E-state index contributed by atoms with van der Waals surface area (Å²) in [6.45, 7) is 3.44. The first-order valence-electron chi connectivity index (χ1n) is 10.7. The van der Waals surface area contributed by atoms with E-state index in [9.17, 15) is 9.90 Å². The van der Waals surface area contributed by atoms with Gasteiger partial charge in [-0.2, -0.15) is 0 Å². The number of benzene rings is 3. The maximum atomic E-state index is 11.9. The molecule has 4 aromatic rings. The summed E-state index contributed by atoms with van der Waals surface area (Å²) in [5, 5.41) is 17.5. The first-order valence-corrected chi connectivity index (χ1v) is 11.5. The van der Waals surface area contributed by atoms with E-state index >= 15 is 0 Å². The lowest BCUT2D eigenvalue weighted by Crippen LogP contribution is -2.49. The number of hydrogen-bond acceptors (Lipinski definition) is 5. The molecule has 7 nitrogen and oxygen atoms in total. The fourth-order valence-electron chi connectivity index (χ4n) is 4.34. The monoisotopic (exact) mass is 495 g/mol. The van der Waals surface area contributed by atoms with Crippen LogP contribution in [-0.2, 0) is 4.79 Å². The number of aromatic nitrogens is 2. The van der Waals surface area contributed by atoms with E-state index in [-0.39, 0.29) is 0 Å². The van der Waals surface area contributed by atoms with Crippen molar-refractivity contribution in [2.45, 2.75) is 20.0 Å². The van der Waals surface area contributed by atoms with Gasteiger partial charge in [-0.3, -0.25) is 4.79 Å². The first kappa shape index (κ1) is 22.4. The van der Waals surface area contributed by atoms with Crippen LogP contribution in [-0.4, -0.2) is 34.3 Å². The molecule has 34 heavy (non-hydrogen) atoms. The molecule has 0 fully saturated rings. The normalized spacial score (nSPS) is 15.3. The van der Waals surface area contributed by atoms with Crippen LogP contribution in [0.5, 0.6) is 0 Å². The minimum absolute atomic E-state index is 0.398. The number of anilines is 4. The number of halogens is 2. The Morgan fingerprint density at radius 3 is 2.68 bits per heavy atom. The van der Waals surface area contributed by atoms with Gasteiger partial charge < -0.3 is 25.6 Å². The summed E-state index contributed by atoms with van der Waals surface area (Å²) in [5.41, 5.74) is 4.95. The van der Waals surface area contributed by atoms with Crippen molar-refractivity contribution in [1.82, 2.24) is 9.97 Å². The van der Waals surface area contributed by atoms with Crippen LogP contribution in [0.15, 0.2) is 54.6 Å². The summed E-state index contributed by atoms with van der Waals surface area (Å²) in [6, 6.07) is 17.0. The Morgan fingerprint density at radius 2 is 1.94 bits per heavy atom. The van der Waals surface area contributed by atoms with Crippen molar-refractivity contribution in [1.29, 1.82) is 0 Å². The predicted molar refractivity (Wildman–Crippen MR) is 139 cm³/mol. The highest BCUT2D eigenvalue weighted by Crippen LogP contribution is 2.45. The zero-order chi connectivity index (χ0) is 24.2. The molecule has 0 bridgehead atoms. The van der Waals surface area contributed by atoms with Gasteiger partial charge >= 0.3 is 5.97 Å². The van der Waals surface area contributed by atoms with Crippen molar-refractivity contribution in [3.05, 3.63) is 64.6 Å². The smallest absolute Gasteiger partial charge is 0.313 e. The zero-order valence-corrected chi connectivity index (χ0v) is 20.3. The third-order valence-electron chi connectivity index (χ3n) is 6.25. The number of carboxylic acids is 1. The fraction of sp³-hybridized carbons (Fsp3) is 0.200. The minimum atomic E-state index is -0.998. The second-order valence-corrected chi connectivity index (χ2v) is 9.80. The molecular formula is C25H23Cl2N5O2. The molecule has 0 amide bonds. The standard InChI is InChI=1S/C25H23Cl2N5O2/c1-25(2,24(33)34)23-31-19-6-4-5-15(21(19)32(23)3)22-29-18-10-8-14(12-20(18)30-22)28-17-9-7-13(26)11-16(17)27/h4-12,23,28,31H,1-3H3,(H,29,30)(H,33,34). The third-order valence-corrected chi connectivity index (χ3v) is 6.80. The van der Waals surface area contributed by atoms with Crippen LogP contribution < -0.4 is 15.5 Å². The average Bonchev–Trinajstić information content (AvgIpc) is 3.37. The lowest BCUT2D eigenvalue weighted by atomic mass is 9.89. The number of nitrogens with zero attached hydrogens (tertiary/aromatic N) is 2. The number of para-hydroxylation sites is 1. The quantitative estimate of drug-likeness (QED) is 0.250. The highest BCUT2D eigenvalue weighted by molar-refractivity contribution is 6.36. The number of carbonyl (C=O) groups is 1. The summed E-state index contributed by atoms with van der Waals surface area (Å²) in [7, 11) is 1.90. The molecule has 0 saturated heterocycles. The topological polar surface area (TPSA) is 93.3 Å². The lowest BCUT2D eigenvalue weighted by Gasteiger charge is -2.33. The van der Waals surface area contributed by atoms with E-state index in [0.29, 0.717) is 15.9 Å². The van der Waals surface area contributed by atoms with Crippen LogP contribution in [0.2, 0.25) is 10.0 Å². The van der Waals surface area contributed by atoms with Gasteiger partial charge in [-0.1, -0.05) is 29.3 Å². The molecule has 0 spiro atoms. The highest BCUT2D eigenvalue weighted by atomic mass is 35.5. The van der Waals surface area contributed by atoms with Crippen LogP contribution in [0.1, 0.15) is 13.8 Å². The molecule has 1 atom stereocenters. The van der Waals surface area contributed by atoms with Crippen LogP contribution in [0.4, 0.5) is 22.7 Å². The molecule has 1 unspecified atom stereocenters. The van der Waals surface area contributed by atoms with Crippen LogP contribution in [0.3, 0.4) is 0 Å². The van der Waals surface area contributed by atoms with E-state index in [0.717, 1.165) is 39.3 Å². The third kappa shape index (κ3) is 3.71. The zero-order valence-electron chi connectivity index (χ0n) is 18.8. The van der Waals surface area contributed by atoms with Gasteiger partial charge in [0.15, 0.2) is 0 Å². The molecule has 0 aliphatic carbocycles. The number of aromatic amines is 1. The lowest BCUT2D eigenvalue weighted by molar-refractivity contribution is -0.147. The Morgan fingerprint density at radius 1 is 1.15 bits per heavy atom. The number of rotatable bonds is 5. The summed E-state index contributed by atoms with van der Waals surface area (Å²) in [4.78, 5) is 22.1. The maximum absolute atomic E-state index is 11.9. The molecule has 4 N–H and O–H groups in total. The van der Waals surface area contributed by atoms with E-state index in [1.807, 2.05) is 54.4 Å². The van der Waals surface area contributed by atoms with Crippen molar-refractivity contribution in [3.63, 3.8) is 0 Å². The molecule has 1 aromatic heterocycles. The number of carboxylic acid groups (broad SMARTS) is 1. The molecule has 1 aliphatic heterocycles. The molecule has 174 valence electrons. The maximum Gasteiger partial charge on any atom is 0.313 e. The Hall–Kier alpha value is -3.42. The second-order valence-electron chi connectivity index (χ2n) is 8.95. The molecule has 9 heteroatoms.